The van der Waals surface area contributed by atoms with Gasteiger partial charge in [0.2, 0.25) is 5.91 Å². The molecule has 0 saturated carbocycles. The van der Waals surface area contributed by atoms with Gasteiger partial charge in [-0.2, -0.15) is 0 Å². The van der Waals surface area contributed by atoms with Gasteiger partial charge in [-0.1, -0.05) is 6.92 Å². The highest BCUT2D eigenvalue weighted by Crippen LogP contribution is 2.11. The Labute approximate surface area is 80.5 Å². The van der Waals surface area contributed by atoms with Gasteiger partial charge >= 0.3 is 0 Å². The maximum atomic E-state index is 11.6. The molecule has 1 rings (SSSR count). The molecule has 76 valence electrons. The molecule has 0 aromatic carbocycles. The van der Waals surface area contributed by atoms with Crippen LogP contribution in [0.25, 0.3) is 0 Å². The number of hydrogen-bond acceptors (Lipinski definition) is 2. The summed E-state index contributed by atoms with van der Waals surface area (Å²) in [6, 6.07) is 0.375. The highest BCUT2D eigenvalue weighted by Gasteiger charge is 2.23. The van der Waals surface area contributed by atoms with Crippen LogP contribution in [0.1, 0.15) is 26.7 Å². The molecule has 3 nitrogen and oxygen atoms in total. The molecule has 1 aliphatic heterocycles. The summed E-state index contributed by atoms with van der Waals surface area (Å²) in [5.74, 6) is 0.875. The summed E-state index contributed by atoms with van der Waals surface area (Å²) < 4.78 is 0. The maximum absolute atomic E-state index is 11.6. The lowest BCUT2D eigenvalue weighted by Crippen LogP contribution is -2.45. The first kappa shape index (κ1) is 10.5. The Morgan fingerprint density at radius 3 is 2.62 bits per heavy atom. The van der Waals surface area contributed by atoms with Gasteiger partial charge in [-0.15, -0.1) is 0 Å². The third-order valence-corrected chi connectivity index (χ3v) is 2.97. The normalized spacial score (nSPS) is 19.3. The van der Waals surface area contributed by atoms with E-state index < -0.39 is 0 Å². The van der Waals surface area contributed by atoms with Gasteiger partial charge in [0.1, 0.15) is 0 Å². The summed E-state index contributed by atoms with van der Waals surface area (Å²) in [4.78, 5) is 13.5. The summed E-state index contributed by atoms with van der Waals surface area (Å²) in [6.07, 6.45) is 1.75. The summed E-state index contributed by atoms with van der Waals surface area (Å²) in [5.41, 5.74) is 0. The predicted octanol–water partition coefficient (Wildman–Crippen LogP) is 0.853. The highest BCUT2D eigenvalue weighted by molar-refractivity contribution is 5.76. The van der Waals surface area contributed by atoms with Crippen molar-refractivity contribution in [2.24, 2.45) is 5.92 Å². The number of nitrogens with one attached hydrogen (secondary N) is 1. The van der Waals surface area contributed by atoms with Crippen LogP contribution in [-0.4, -0.2) is 37.0 Å². The lowest BCUT2D eigenvalue weighted by atomic mass is 9.98. The van der Waals surface area contributed by atoms with Gasteiger partial charge in [-0.05, 0) is 32.4 Å². The zero-order chi connectivity index (χ0) is 9.84. The smallest absolute Gasteiger partial charge is 0.222 e. The topological polar surface area (TPSA) is 32.3 Å². The Bertz CT molecular complexity index is 178. The van der Waals surface area contributed by atoms with Gasteiger partial charge in [0.25, 0.3) is 0 Å². The molecule has 1 atom stereocenters. The maximum Gasteiger partial charge on any atom is 0.222 e. The van der Waals surface area contributed by atoms with Crippen molar-refractivity contribution in [2.75, 3.05) is 20.1 Å². The minimum Gasteiger partial charge on any atom is -0.343 e. The molecule has 1 aliphatic rings. The highest BCUT2D eigenvalue weighted by atomic mass is 16.2. The zero-order valence-electron chi connectivity index (χ0n) is 8.84. The van der Waals surface area contributed by atoms with E-state index in [1.165, 1.54) is 0 Å². The molecule has 1 unspecified atom stereocenters. The van der Waals surface area contributed by atoms with Gasteiger partial charge in [0.15, 0.2) is 0 Å². The number of carbonyl (C=O) groups is 1. The first-order chi connectivity index (χ1) is 6.15. The van der Waals surface area contributed by atoms with E-state index in [1.54, 1.807) is 0 Å². The summed E-state index contributed by atoms with van der Waals surface area (Å²) >= 11 is 0. The molecule has 0 spiro atoms. The third kappa shape index (κ3) is 2.69. The fraction of sp³-hybridized carbons (Fsp3) is 0.900. The summed E-state index contributed by atoms with van der Waals surface area (Å²) in [7, 11) is 1.91. The SMILES string of the molecule is CCC(C)N(C)C(=O)CC1CNC1. The van der Waals surface area contributed by atoms with Crippen molar-refractivity contribution in [1.29, 1.82) is 0 Å². The molecule has 1 amide bonds. The largest absolute Gasteiger partial charge is 0.343 e. The molecule has 1 fully saturated rings. The molecule has 3 heteroatoms. The van der Waals surface area contributed by atoms with Crippen LogP contribution >= 0.6 is 0 Å². The van der Waals surface area contributed by atoms with Crippen molar-refractivity contribution in [3.63, 3.8) is 0 Å². The fourth-order valence-electron chi connectivity index (χ4n) is 1.40. The molecular formula is C10H20N2O. The van der Waals surface area contributed by atoms with Gasteiger partial charge in [-0.25, -0.2) is 0 Å². The second kappa shape index (κ2) is 4.61. The van der Waals surface area contributed by atoms with Crippen LogP contribution in [0.15, 0.2) is 0 Å². The average Bonchev–Trinajstić information content (AvgIpc) is 2.08. The summed E-state index contributed by atoms with van der Waals surface area (Å²) in [6.45, 7) is 6.23. The van der Waals surface area contributed by atoms with Crippen molar-refractivity contribution in [3.05, 3.63) is 0 Å². The van der Waals surface area contributed by atoms with Crippen LogP contribution in [0.4, 0.5) is 0 Å². The van der Waals surface area contributed by atoms with E-state index in [1.807, 2.05) is 11.9 Å². The molecule has 0 aromatic rings. The Morgan fingerprint density at radius 2 is 2.23 bits per heavy atom. The van der Waals surface area contributed by atoms with E-state index in [0.717, 1.165) is 19.5 Å². The number of amides is 1. The Kier molecular flexibility index (Phi) is 3.72. The van der Waals surface area contributed by atoms with E-state index >= 15 is 0 Å². The second-order valence-electron chi connectivity index (χ2n) is 3.99. The number of nitrogens with zero attached hydrogens (tertiary/aromatic N) is 1. The number of hydrogen-bond donors (Lipinski definition) is 1. The average molecular weight is 184 g/mol. The van der Waals surface area contributed by atoms with Crippen molar-refractivity contribution in [3.8, 4) is 0 Å². The Hall–Kier alpha value is -0.570. The first-order valence-corrected chi connectivity index (χ1v) is 5.11. The minimum absolute atomic E-state index is 0.292. The van der Waals surface area contributed by atoms with Gasteiger partial charge in [-0.3, -0.25) is 4.79 Å². The van der Waals surface area contributed by atoms with Crippen molar-refractivity contribution < 1.29 is 4.79 Å². The zero-order valence-corrected chi connectivity index (χ0v) is 8.84. The van der Waals surface area contributed by atoms with Crippen molar-refractivity contribution in [1.82, 2.24) is 10.2 Å². The van der Waals surface area contributed by atoms with Crippen LogP contribution in [0, 0.1) is 5.92 Å². The lowest BCUT2D eigenvalue weighted by Gasteiger charge is -2.30. The molecule has 0 radical (unpaired) electrons. The van der Waals surface area contributed by atoms with Gasteiger partial charge in [0, 0.05) is 19.5 Å². The van der Waals surface area contributed by atoms with Gasteiger partial charge < -0.3 is 10.2 Å². The quantitative estimate of drug-likeness (QED) is 0.702. The molecule has 1 N–H and O–H groups in total. The molecule has 0 aromatic heterocycles. The number of rotatable bonds is 4. The monoisotopic (exact) mass is 184 g/mol. The molecule has 0 aliphatic carbocycles. The van der Waals surface area contributed by atoms with E-state index in [-0.39, 0.29) is 0 Å². The van der Waals surface area contributed by atoms with E-state index in [2.05, 4.69) is 19.2 Å². The molecule has 1 saturated heterocycles. The van der Waals surface area contributed by atoms with E-state index in [4.69, 9.17) is 0 Å². The second-order valence-corrected chi connectivity index (χ2v) is 3.99. The molecule has 13 heavy (non-hydrogen) atoms. The predicted molar refractivity (Wildman–Crippen MR) is 53.5 cm³/mol. The third-order valence-electron chi connectivity index (χ3n) is 2.97. The van der Waals surface area contributed by atoms with E-state index in [0.29, 0.717) is 24.3 Å². The van der Waals surface area contributed by atoms with E-state index in [9.17, 15) is 4.79 Å². The summed E-state index contributed by atoms with van der Waals surface area (Å²) in [5, 5.41) is 3.18. The molecule has 0 bridgehead atoms. The minimum atomic E-state index is 0.292. The van der Waals surface area contributed by atoms with Gasteiger partial charge in [0.05, 0.1) is 0 Å². The van der Waals surface area contributed by atoms with Crippen LogP contribution in [0.2, 0.25) is 0 Å². The fourth-order valence-corrected chi connectivity index (χ4v) is 1.40. The van der Waals surface area contributed by atoms with Crippen molar-refractivity contribution >= 4 is 5.91 Å². The molecule has 1 heterocycles. The standard InChI is InChI=1S/C10H20N2O/c1-4-8(2)12(3)10(13)5-9-6-11-7-9/h8-9,11H,4-7H2,1-3H3. The Morgan fingerprint density at radius 1 is 1.62 bits per heavy atom. The van der Waals surface area contributed by atoms with Crippen LogP contribution < -0.4 is 5.32 Å². The molecular weight excluding hydrogens is 164 g/mol. The first-order valence-electron chi connectivity index (χ1n) is 5.11. The van der Waals surface area contributed by atoms with Crippen molar-refractivity contribution in [2.45, 2.75) is 32.7 Å². The van der Waals surface area contributed by atoms with Crippen LogP contribution in [-0.2, 0) is 4.79 Å². The Balaban J connectivity index is 2.28. The number of carbonyl (C=O) groups excluding carboxylic acids is 1. The van der Waals surface area contributed by atoms with Crippen LogP contribution in [0.3, 0.4) is 0 Å². The lowest BCUT2D eigenvalue weighted by molar-refractivity contribution is -0.133. The van der Waals surface area contributed by atoms with Crippen LogP contribution in [0.5, 0.6) is 0 Å².